The summed E-state index contributed by atoms with van der Waals surface area (Å²) >= 11 is 0. The number of benzene rings is 2. The molecule has 1 aliphatic heterocycles. The van der Waals surface area contributed by atoms with Gasteiger partial charge < -0.3 is 19.4 Å². The van der Waals surface area contributed by atoms with Gasteiger partial charge in [0.2, 0.25) is 0 Å². The summed E-state index contributed by atoms with van der Waals surface area (Å²) in [6.45, 7) is 4.79. The van der Waals surface area contributed by atoms with E-state index in [0.717, 1.165) is 35.6 Å². The third kappa shape index (κ3) is 4.19. The number of aromatic nitrogens is 2. The van der Waals surface area contributed by atoms with Gasteiger partial charge in [0.05, 0.1) is 14.2 Å². The SMILES string of the molecule is C=CCc1cc(C(=O)Nc2ccc(-c3ncc4n3CCCC4)cc2)cc(OC)c1OC. The molecule has 1 aromatic heterocycles. The van der Waals surface area contributed by atoms with E-state index in [2.05, 4.69) is 21.4 Å². The standard InChI is InChI=1S/C25H27N3O3/c1-4-7-18-14-19(15-22(30-2)23(18)31-3)25(29)27-20-11-9-17(10-12-20)24-26-16-21-8-5-6-13-28(21)24/h4,9-12,14-16H,1,5-8,13H2,2-3H3,(H,27,29). The van der Waals surface area contributed by atoms with Crippen LogP contribution in [0.15, 0.2) is 55.3 Å². The number of carbonyl (C=O) groups excluding carboxylic acids is 1. The first-order valence-corrected chi connectivity index (χ1v) is 10.5. The van der Waals surface area contributed by atoms with E-state index in [4.69, 9.17) is 9.47 Å². The molecule has 3 aromatic rings. The summed E-state index contributed by atoms with van der Waals surface area (Å²) in [4.78, 5) is 17.5. The summed E-state index contributed by atoms with van der Waals surface area (Å²) < 4.78 is 13.2. The third-order valence-electron chi connectivity index (χ3n) is 5.59. The highest BCUT2D eigenvalue weighted by Gasteiger charge is 2.17. The molecule has 2 aromatic carbocycles. The maximum absolute atomic E-state index is 12.9. The summed E-state index contributed by atoms with van der Waals surface area (Å²) in [6, 6.07) is 11.3. The summed E-state index contributed by atoms with van der Waals surface area (Å²) in [5.74, 6) is 1.91. The van der Waals surface area contributed by atoms with Crippen LogP contribution in [0.25, 0.3) is 11.4 Å². The second-order valence-electron chi connectivity index (χ2n) is 7.58. The highest BCUT2D eigenvalue weighted by Crippen LogP contribution is 2.33. The topological polar surface area (TPSA) is 65.4 Å². The number of hydrogen-bond acceptors (Lipinski definition) is 4. The molecule has 160 valence electrons. The minimum atomic E-state index is -0.211. The van der Waals surface area contributed by atoms with E-state index in [1.54, 1.807) is 26.4 Å². The van der Waals surface area contributed by atoms with Crippen molar-refractivity contribution in [2.45, 2.75) is 32.2 Å². The van der Waals surface area contributed by atoms with E-state index in [9.17, 15) is 4.79 Å². The van der Waals surface area contributed by atoms with Crippen LogP contribution in [0.4, 0.5) is 5.69 Å². The molecule has 0 bridgehead atoms. The van der Waals surface area contributed by atoms with Gasteiger partial charge in [0, 0.05) is 40.8 Å². The zero-order valence-electron chi connectivity index (χ0n) is 18.0. The lowest BCUT2D eigenvalue weighted by Crippen LogP contribution is -2.13. The highest BCUT2D eigenvalue weighted by atomic mass is 16.5. The van der Waals surface area contributed by atoms with Crippen LogP contribution in [0.5, 0.6) is 11.5 Å². The smallest absolute Gasteiger partial charge is 0.255 e. The fourth-order valence-corrected chi connectivity index (χ4v) is 4.05. The first-order valence-electron chi connectivity index (χ1n) is 10.5. The predicted octanol–water partition coefficient (Wildman–Crippen LogP) is 4.88. The van der Waals surface area contributed by atoms with E-state index in [0.29, 0.717) is 23.5 Å². The number of rotatable bonds is 7. The Hall–Kier alpha value is -3.54. The van der Waals surface area contributed by atoms with Gasteiger partial charge in [-0.2, -0.15) is 0 Å². The number of aryl methyl sites for hydroxylation is 1. The Kier molecular flexibility index (Phi) is 6.07. The minimum absolute atomic E-state index is 0.211. The Labute approximate surface area is 182 Å². The average Bonchev–Trinajstić information content (AvgIpc) is 3.23. The molecule has 0 spiro atoms. The van der Waals surface area contributed by atoms with Crippen molar-refractivity contribution in [2.75, 3.05) is 19.5 Å². The maximum atomic E-state index is 12.9. The van der Waals surface area contributed by atoms with Crippen molar-refractivity contribution in [3.8, 4) is 22.9 Å². The van der Waals surface area contributed by atoms with Gasteiger partial charge in [-0.3, -0.25) is 4.79 Å². The monoisotopic (exact) mass is 417 g/mol. The number of ether oxygens (including phenoxy) is 2. The number of carbonyl (C=O) groups is 1. The molecule has 1 amide bonds. The van der Waals surface area contributed by atoms with Gasteiger partial charge in [0.25, 0.3) is 5.91 Å². The predicted molar refractivity (Wildman–Crippen MR) is 122 cm³/mol. The summed E-state index contributed by atoms with van der Waals surface area (Å²) in [5.41, 5.74) is 4.41. The van der Waals surface area contributed by atoms with Crippen LogP contribution in [0.1, 0.15) is 34.5 Å². The quantitative estimate of drug-likeness (QED) is 0.556. The van der Waals surface area contributed by atoms with Gasteiger partial charge in [-0.05, 0) is 62.1 Å². The van der Waals surface area contributed by atoms with Crippen molar-refractivity contribution in [3.63, 3.8) is 0 Å². The van der Waals surface area contributed by atoms with Crippen LogP contribution in [0.2, 0.25) is 0 Å². The molecule has 4 rings (SSSR count). The van der Waals surface area contributed by atoms with Gasteiger partial charge in [-0.1, -0.05) is 6.08 Å². The highest BCUT2D eigenvalue weighted by molar-refractivity contribution is 6.05. The Balaban J connectivity index is 1.54. The molecule has 6 nitrogen and oxygen atoms in total. The first kappa shape index (κ1) is 20.7. The first-order chi connectivity index (χ1) is 15.1. The lowest BCUT2D eigenvalue weighted by molar-refractivity contribution is 0.102. The number of amides is 1. The van der Waals surface area contributed by atoms with E-state index in [1.807, 2.05) is 36.5 Å². The van der Waals surface area contributed by atoms with Gasteiger partial charge in [-0.25, -0.2) is 4.98 Å². The molecular weight excluding hydrogens is 390 g/mol. The molecule has 6 heteroatoms. The molecule has 0 radical (unpaired) electrons. The second kappa shape index (κ2) is 9.08. The lowest BCUT2D eigenvalue weighted by Gasteiger charge is -2.16. The van der Waals surface area contributed by atoms with Gasteiger partial charge in [0.1, 0.15) is 5.82 Å². The minimum Gasteiger partial charge on any atom is -0.493 e. The van der Waals surface area contributed by atoms with Crippen molar-refractivity contribution in [1.82, 2.24) is 9.55 Å². The van der Waals surface area contributed by atoms with Gasteiger partial charge in [-0.15, -0.1) is 6.58 Å². The Morgan fingerprint density at radius 3 is 2.71 bits per heavy atom. The summed E-state index contributed by atoms with van der Waals surface area (Å²) in [6.07, 6.45) is 7.81. The summed E-state index contributed by atoms with van der Waals surface area (Å²) in [5, 5.41) is 2.96. The zero-order valence-corrected chi connectivity index (χ0v) is 18.0. The third-order valence-corrected chi connectivity index (χ3v) is 5.59. The molecule has 0 unspecified atom stereocenters. The fourth-order valence-electron chi connectivity index (χ4n) is 4.05. The van der Waals surface area contributed by atoms with Crippen LogP contribution in [0, 0.1) is 0 Å². The number of nitrogens with zero attached hydrogens (tertiary/aromatic N) is 2. The summed E-state index contributed by atoms with van der Waals surface area (Å²) in [7, 11) is 3.15. The Morgan fingerprint density at radius 1 is 1.19 bits per heavy atom. The number of allylic oxidation sites excluding steroid dienone is 1. The van der Waals surface area contributed by atoms with Crippen molar-refractivity contribution in [3.05, 3.63) is 72.1 Å². The van der Waals surface area contributed by atoms with Gasteiger partial charge >= 0.3 is 0 Å². The van der Waals surface area contributed by atoms with E-state index >= 15 is 0 Å². The van der Waals surface area contributed by atoms with E-state index in [1.165, 1.54) is 18.5 Å². The van der Waals surface area contributed by atoms with Crippen LogP contribution in [0.3, 0.4) is 0 Å². The molecule has 0 atom stereocenters. The Bertz CT molecular complexity index is 1100. The number of nitrogens with one attached hydrogen (secondary N) is 1. The maximum Gasteiger partial charge on any atom is 0.255 e. The van der Waals surface area contributed by atoms with Gasteiger partial charge in [0.15, 0.2) is 11.5 Å². The normalized spacial score (nSPS) is 12.7. The molecule has 2 heterocycles. The van der Waals surface area contributed by atoms with E-state index < -0.39 is 0 Å². The van der Waals surface area contributed by atoms with E-state index in [-0.39, 0.29) is 5.91 Å². The molecule has 1 aliphatic rings. The second-order valence-corrected chi connectivity index (χ2v) is 7.58. The van der Waals surface area contributed by atoms with Crippen LogP contribution in [-0.2, 0) is 19.4 Å². The number of imidazole rings is 1. The largest absolute Gasteiger partial charge is 0.493 e. The molecule has 0 saturated heterocycles. The number of anilines is 1. The van der Waals surface area contributed by atoms with Crippen LogP contribution in [-0.4, -0.2) is 29.7 Å². The van der Waals surface area contributed by atoms with Crippen molar-refractivity contribution >= 4 is 11.6 Å². The van der Waals surface area contributed by atoms with Crippen molar-refractivity contribution < 1.29 is 14.3 Å². The molecule has 31 heavy (non-hydrogen) atoms. The zero-order chi connectivity index (χ0) is 21.8. The Morgan fingerprint density at radius 2 is 2.00 bits per heavy atom. The fraction of sp³-hybridized carbons (Fsp3) is 0.280. The van der Waals surface area contributed by atoms with Crippen LogP contribution < -0.4 is 14.8 Å². The lowest BCUT2D eigenvalue weighted by atomic mass is 10.0. The number of fused-ring (bicyclic) bond motifs is 1. The molecule has 0 aliphatic carbocycles. The molecular formula is C25H27N3O3. The average molecular weight is 418 g/mol. The van der Waals surface area contributed by atoms with Crippen molar-refractivity contribution in [2.24, 2.45) is 0 Å². The van der Waals surface area contributed by atoms with Crippen LogP contribution >= 0.6 is 0 Å². The van der Waals surface area contributed by atoms with Crippen molar-refractivity contribution in [1.29, 1.82) is 0 Å². The number of methoxy groups -OCH3 is 2. The molecule has 0 fully saturated rings. The molecule has 1 N–H and O–H groups in total. The number of hydrogen-bond donors (Lipinski definition) is 1. The molecule has 0 saturated carbocycles.